The summed E-state index contributed by atoms with van der Waals surface area (Å²) in [5.74, 6) is -0.532. The number of nitrogen functional groups attached to an aromatic ring is 1. The van der Waals surface area contributed by atoms with Crippen LogP contribution in [0.3, 0.4) is 0 Å². The summed E-state index contributed by atoms with van der Waals surface area (Å²) in [7, 11) is 0. The van der Waals surface area contributed by atoms with Crippen LogP contribution in [0.2, 0.25) is 0 Å². The first-order valence-corrected chi connectivity index (χ1v) is 6.56. The van der Waals surface area contributed by atoms with Crippen LogP contribution >= 0.6 is 0 Å². The normalized spacial score (nSPS) is 13.9. The molecule has 0 bridgehead atoms. The first-order chi connectivity index (χ1) is 9.65. The molecule has 0 aliphatic carbocycles. The van der Waals surface area contributed by atoms with Crippen molar-refractivity contribution in [2.45, 2.75) is 13.0 Å². The van der Waals surface area contributed by atoms with Gasteiger partial charge in [0.15, 0.2) is 0 Å². The number of benzene rings is 2. The number of fused-ring (bicyclic) bond motifs is 1. The SMILES string of the molecule is Nc1cccc2c1CCN(C(=O)c1cccc(F)c1)C2. The minimum absolute atomic E-state index is 0.141. The number of rotatable bonds is 1. The van der Waals surface area contributed by atoms with Gasteiger partial charge in [-0.2, -0.15) is 0 Å². The topological polar surface area (TPSA) is 46.3 Å². The zero-order valence-corrected chi connectivity index (χ0v) is 11.0. The number of nitrogens with two attached hydrogens (primary N) is 1. The number of halogens is 1. The van der Waals surface area contributed by atoms with Gasteiger partial charge >= 0.3 is 0 Å². The van der Waals surface area contributed by atoms with Gasteiger partial charge in [0.05, 0.1) is 0 Å². The molecule has 2 aromatic carbocycles. The predicted octanol–water partition coefficient (Wildman–Crippen LogP) is 2.61. The summed E-state index contributed by atoms with van der Waals surface area (Å²) in [4.78, 5) is 14.1. The van der Waals surface area contributed by atoms with Crippen LogP contribution < -0.4 is 5.73 Å². The van der Waals surface area contributed by atoms with Crippen LogP contribution in [0.5, 0.6) is 0 Å². The molecule has 0 atom stereocenters. The van der Waals surface area contributed by atoms with Gasteiger partial charge in [0.25, 0.3) is 5.91 Å². The molecule has 1 aliphatic rings. The molecule has 0 radical (unpaired) electrons. The molecule has 1 aliphatic heterocycles. The molecule has 1 heterocycles. The average molecular weight is 270 g/mol. The largest absolute Gasteiger partial charge is 0.398 e. The number of anilines is 1. The van der Waals surface area contributed by atoms with Crippen molar-refractivity contribution in [2.24, 2.45) is 0 Å². The molecule has 0 spiro atoms. The van der Waals surface area contributed by atoms with E-state index in [-0.39, 0.29) is 5.91 Å². The van der Waals surface area contributed by atoms with E-state index in [2.05, 4.69) is 0 Å². The monoisotopic (exact) mass is 270 g/mol. The average Bonchev–Trinajstić information content (AvgIpc) is 2.46. The molecule has 3 nitrogen and oxygen atoms in total. The van der Waals surface area contributed by atoms with Gasteiger partial charge in [0.1, 0.15) is 5.82 Å². The van der Waals surface area contributed by atoms with Crippen molar-refractivity contribution in [2.75, 3.05) is 12.3 Å². The maximum absolute atomic E-state index is 13.2. The molecule has 0 saturated carbocycles. The maximum Gasteiger partial charge on any atom is 0.254 e. The molecule has 3 rings (SSSR count). The van der Waals surface area contributed by atoms with Crippen LogP contribution in [-0.4, -0.2) is 17.4 Å². The molecule has 0 saturated heterocycles. The Morgan fingerprint density at radius 1 is 1.20 bits per heavy atom. The van der Waals surface area contributed by atoms with Crippen molar-refractivity contribution >= 4 is 11.6 Å². The van der Waals surface area contributed by atoms with Crippen LogP contribution in [0.25, 0.3) is 0 Å². The van der Waals surface area contributed by atoms with Crippen molar-refractivity contribution < 1.29 is 9.18 Å². The molecule has 20 heavy (non-hydrogen) atoms. The van der Waals surface area contributed by atoms with E-state index in [1.54, 1.807) is 17.0 Å². The molecule has 4 heteroatoms. The lowest BCUT2D eigenvalue weighted by atomic mass is 9.97. The summed E-state index contributed by atoms with van der Waals surface area (Å²) in [5.41, 5.74) is 9.30. The standard InChI is InChI=1S/C16H15FN2O/c17-13-5-1-3-11(9-13)16(20)19-8-7-14-12(10-19)4-2-6-15(14)18/h1-6,9H,7-8,10,18H2. The van der Waals surface area contributed by atoms with E-state index in [1.165, 1.54) is 12.1 Å². The zero-order valence-electron chi connectivity index (χ0n) is 11.0. The van der Waals surface area contributed by atoms with E-state index >= 15 is 0 Å². The van der Waals surface area contributed by atoms with Crippen LogP contribution in [0.4, 0.5) is 10.1 Å². The number of carbonyl (C=O) groups excluding carboxylic acids is 1. The molecule has 0 unspecified atom stereocenters. The zero-order chi connectivity index (χ0) is 14.1. The minimum Gasteiger partial charge on any atom is -0.398 e. The van der Waals surface area contributed by atoms with Gasteiger partial charge in [-0.1, -0.05) is 18.2 Å². The smallest absolute Gasteiger partial charge is 0.254 e. The Kier molecular flexibility index (Phi) is 3.14. The van der Waals surface area contributed by atoms with E-state index in [9.17, 15) is 9.18 Å². The van der Waals surface area contributed by atoms with Gasteiger partial charge in [-0.25, -0.2) is 4.39 Å². The Bertz CT molecular complexity index is 669. The summed E-state index contributed by atoms with van der Waals surface area (Å²) in [6.07, 6.45) is 0.739. The number of hydrogen-bond acceptors (Lipinski definition) is 2. The van der Waals surface area contributed by atoms with Gasteiger partial charge in [-0.05, 0) is 41.8 Å². The van der Waals surface area contributed by atoms with Crippen LogP contribution in [0, 0.1) is 5.82 Å². The van der Waals surface area contributed by atoms with E-state index in [0.29, 0.717) is 18.7 Å². The highest BCUT2D eigenvalue weighted by atomic mass is 19.1. The molecule has 2 N–H and O–H groups in total. The lowest BCUT2D eigenvalue weighted by Gasteiger charge is -2.29. The van der Waals surface area contributed by atoms with Gasteiger partial charge in [-0.15, -0.1) is 0 Å². The number of nitrogens with zero attached hydrogens (tertiary/aromatic N) is 1. The van der Waals surface area contributed by atoms with Crippen LogP contribution in [0.15, 0.2) is 42.5 Å². The number of amides is 1. The maximum atomic E-state index is 13.2. The molecule has 0 fully saturated rings. The van der Waals surface area contributed by atoms with E-state index in [0.717, 1.165) is 23.2 Å². The fourth-order valence-corrected chi connectivity index (χ4v) is 2.62. The number of hydrogen-bond donors (Lipinski definition) is 1. The van der Waals surface area contributed by atoms with E-state index < -0.39 is 5.82 Å². The van der Waals surface area contributed by atoms with Crippen molar-refractivity contribution in [3.63, 3.8) is 0 Å². The molecular formula is C16H15FN2O. The van der Waals surface area contributed by atoms with Crippen molar-refractivity contribution in [3.8, 4) is 0 Å². The van der Waals surface area contributed by atoms with Crippen LogP contribution in [0.1, 0.15) is 21.5 Å². The third-order valence-electron chi connectivity index (χ3n) is 3.66. The van der Waals surface area contributed by atoms with Gasteiger partial charge in [0, 0.05) is 24.3 Å². The summed E-state index contributed by atoms with van der Waals surface area (Å²) in [6, 6.07) is 11.6. The third kappa shape index (κ3) is 2.25. The molecule has 2 aromatic rings. The lowest BCUT2D eigenvalue weighted by Crippen LogP contribution is -2.36. The summed E-state index contributed by atoms with van der Waals surface area (Å²) >= 11 is 0. The first kappa shape index (κ1) is 12.7. The Balaban J connectivity index is 1.85. The molecule has 0 aromatic heterocycles. The van der Waals surface area contributed by atoms with Crippen molar-refractivity contribution in [1.29, 1.82) is 0 Å². The van der Waals surface area contributed by atoms with Crippen molar-refractivity contribution in [1.82, 2.24) is 4.90 Å². The van der Waals surface area contributed by atoms with Gasteiger partial charge < -0.3 is 10.6 Å². The van der Waals surface area contributed by atoms with Crippen molar-refractivity contribution in [3.05, 3.63) is 65.0 Å². The highest BCUT2D eigenvalue weighted by Crippen LogP contribution is 2.25. The highest BCUT2D eigenvalue weighted by Gasteiger charge is 2.22. The molecule has 102 valence electrons. The predicted molar refractivity (Wildman–Crippen MR) is 75.7 cm³/mol. The Morgan fingerprint density at radius 3 is 2.80 bits per heavy atom. The quantitative estimate of drug-likeness (QED) is 0.810. The second kappa shape index (κ2) is 4.96. The lowest BCUT2D eigenvalue weighted by molar-refractivity contribution is 0.0734. The van der Waals surface area contributed by atoms with E-state index in [4.69, 9.17) is 5.73 Å². The second-order valence-corrected chi connectivity index (χ2v) is 4.97. The summed E-state index contributed by atoms with van der Waals surface area (Å²) in [5, 5.41) is 0. The Morgan fingerprint density at radius 2 is 2.00 bits per heavy atom. The fraction of sp³-hybridized carbons (Fsp3) is 0.188. The van der Waals surface area contributed by atoms with Gasteiger partial charge in [0.2, 0.25) is 0 Å². The third-order valence-corrected chi connectivity index (χ3v) is 3.66. The minimum atomic E-state index is -0.391. The highest BCUT2D eigenvalue weighted by molar-refractivity contribution is 5.94. The van der Waals surface area contributed by atoms with E-state index in [1.807, 2.05) is 18.2 Å². The second-order valence-electron chi connectivity index (χ2n) is 4.97. The Labute approximate surface area is 116 Å². The van der Waals surface area contributed by atoms with Gasteiger partial charge in [-0.3, -0.25) is 4.79 Å². The Hall–Kier alpha value is -2.36. The summed E-state index contributed by atoms with van der Waals surface area (Å²) < 4.78 is 13.2. The molecule has 1 amide bonds. The van der Waals surface area contributed by atoms with Crippen LogP contribution in [-0.2, 0) is 13.0 Å². The number of carbonyl (C=O) groups is 1. The first-order valence-electron chi connectivity index (χ1n) is 6.56. The molecular weight excluding hydrogens is 255 g/mol. The fourth-order valence-electron chi connectivity index (χ4n) is 2.62. The summed E-state index contributed by atoms with van der Waals surface area (Å²) in [6.45, 7) is 1.13.